The first-order valence-corrected chi connectivity index (χ1v) is 7.09. The number of likely N-dealkylation sites (N-methyl/N-ethyl adjacent to an activating group) is 1. The Morgan fingerprint density at radius 2 is 1.67 bits per heavy atom. The standard InChI is InChI=1S/C13H22ClN5.2ClH/c1-9(2)15-12-10(3)11(14)16-13(17-12)19-7-5-18(4)6-8-19;;/h9H,5-8H2,1-4H3,(H,15,16,17);2*1H. The van der Waals surface area contributed by atoms with Gasteiger partial charge in [0.05, 0.1) is 0 Å². The van der Waals surface area contributed by atoms with E-state index in [1.54, 1.807) is 0 Å². The number of nitrogens with zero attached hydrogens (tertiary/aromatic N) is 4. The first kappa shape index (κ1) is 20.5. The normalized spacial score (nSPS) is 15.4. The molecular weight excluding hydrogens is 333 g/mol. The van der Waals surface area contributed by atoms with Crippen molar-refractivity contribution in [3.63, 3.8) is 0 Å². The Hall–Kier alpha value is -0.490. The second-order valence-corrected chi connectivity index (χ2v) is 5.74. The number of aromatic nitrogens is 2. The van der Waals surface area contributed by atoms with E-state index in [2.05, 4.69) is 46.0 Å². The van der Waals surface area contributed by atoms with E-state index in [0.717, 1.165) is 43.5 Å². The molecule has 0 spiro atoms. The van der Waals surface area contributed by atoms with E-state index in [0.29, 0.717) is 11.2 Å². The van der Waals surface area contributed by atoms with E-state index in [9.17, 15) is 0 Å². The highest BCUT2D eigenvalue weighted by atomic mass is 35.5. The highest BCUT2D eigenvalue weighted by Crippen LogP contribution is 2.24. The molecule has 0 amide bonds. The van der Waals surface area contributed by atoms with E-state index in [-0.39, 0.29) is 24.8 Å². The maximum atomic E-state index is 6.22. The van der Waals surface area contributed by atoms with Crippen molar-refractivity contribution < 1.29 is 0 Å². The molecule has 2 rings (SSSR count). The fourth-order valence-electron chi connectivity index (χ4n) is 2.04. The lowest BCUT2D eigenvalue weighted by Gasteiger charge is -2.32. The van der Waals surface area contributed by atoms with E-state index in [1.165, 1.54) is 0 Å². The summed E-state index contributed by atoms with van der Waals surface area (Å²) in [6, 6.07) is 0.324. The van der Waals surface area contributed by atoms with Crippen molar-refractivity contribution in [1.29, 1.82) is 0 Å². The summed E-state index contributed by atoms with van der Waals surface area (Å²) in [4.78, 5) is 13.5. The van der Waals surface area contributed by atoms with Gasteiger partial charge in [-0.3, -0.25) is 0 Å². The van der Waals surface area contributed by atoms with Gasteiger partial charge in [-0.25, -0.2) is 4.98 Å². The van der Waals surface area contributed by atoms with Gasteiger partial charge in [-0.2, -0.15) is 4.98 Å². The van der Waals surface area contributed by atoms with Crippen LogP contribution in [-0.4, -0.2) is 54.1 Å². The maximum absolute atomic E-state index is 6.22. The average molecular weight is 357 g/mol. The number of nitrogens with one attached hydrogen (secondary N) is 1. The maximum Gasteiger partial charge on any atom is 0.228 e. The summed E-state index contributed by atoms with van der Waals surface area (Å²) in [5.74, 6) is 1.57. The first-order valence-electron chi connectivity index (χ1n) is 6.71. The van der Waals surface area contributed by atoms with Crippen LogP contribution in [0.3, 0.4) is 0 Å². The molecule has 8 heteroatoms. The minimum atomic E-state index is 0. The van der Waals surface area contributed by atoms with Gasteiger partial charge in [-0.05, 0) is 27.8 Å². The second kappa shape index (κ2) is 8.83. The lowest BCUT2D eigenvalue weighted by molar-refractivity contribution is 0.311. The van der Waals surface area contributed by atoms with Crippen LogP contribution in [0, 0.1) is 6.92 Å². The quantitative estimate of drug-likeness (QED) is 0.844. The van der Waals surface area contributed by atoms with E-state index < -0.39 is 0 Å². The van der Waals surface area contributed by atoms with Crippen LogP contribution in [0.25, 0.3) is 0 Å². The Labute approximate surface area is 144 Å². The average Bonchev–Trinajstić information content (AvgIpc) is 2.35. The summed E-state index contributed by atoms with van der Waals surface area (Å²) in [7, 11) is 2.13. The molecule has 2 heterocycles. The van der Waals surface area contributed by atoms with Crippen LogP contribution in [0.1, 0.15) is 19.4 Å². The molecule has 0 atom stereocenters. The smallest absolute Gasteiger partial charge is 0.228 e. The molecule has 122 valence electrons. The Kier molecular flexibility index (Phi) is 8.63. The molecule has 0 saturated carbocycles. The zero-order valence-corrected chi connectivity index (χ0v) is 15.3. The van der Waals surface area contributed by atoms with Gasteiger partial charge < -0.3 is 15.1 Å². The van der Waals surface area contributed by atoms with Gasteiger partial charge >= 0.3 is 0 Å². The van der Waals surface area contributed by atoms with Gasteiger partial charge in [0, 0.05) is 37.8 Å². The minimum Gasteiger partial charge on any atom is -0.367 e. The summed E-state index contributed by atoms with van der Waals surface area (Å²) < 4.78 is 0. The van der Waals surface area contributed by atoms with Gasteiger partial charge in [0.25, 0.3) is 0 Å². The predicted octanol–water partition coefficient (Wildman–Crippen LogP) is 2.85. The summed E-state index contributed by atoms with van der Waals surface area (Å²) in [6.07, 6.45) is 0. The molecule has 0 aliphatic carbocycles. The summed E-state index contributed by atoms with van der Waals surface area (Å²) >= 11 is 6.22. The number of hydrogen-bond acceptors (Lipinski definition) is 5. The molecule has 21 heavy (non-hydrogen) atoms. The molecular formula is C13H24Cl3N5. The molecule has 1 aliphatic heterocycles. The van der Waals surface area contributed by atoms with Crippen molar-refractivity contribution in [2.45, 2.75) is 26.8 Å². The lowest BCUT2D eigenvalue weighted by atomic mass is 10.3. The fraction of sp³-hybridized carbons (Fsp3) is 0.692. The van der Waals surface area contributed by atoms with E-state index >= 15 is 0 Å². The Balaban J connectivity index is 0.00000200. The van der Waals surface area contributed by atoms with Crippen LogP contribution in [0.4, 0.5) is 11.8 Å². The summed E-state index contributed by atoms with van der Waals surface area (Å²) in [6.45, 7) is 10.1. The number of rotatable bonds is 3. The lowest BCUT2D eigenvalue weighted by Crippen LogP contribution is -2.45. The van der Waals surface area contributed by atoms with Gasteiger partial charge in [-0.15, -0.1) is 24.8 Å². The molecule has 5 nitrogen and oxygen atoms in total. The molecule has 1 aromatic rings. The number of anilines is 2. The Morgan fingerprint density at radius 1 is 1.10 bits per heavy atom. The molecule has 0 unspecified atom stereocenters. The Bertz CT molecular complexity index is 448. The van der Waals surface area contributed by atoms with Crippen LogP contribution in [0.15, 0.2) is 0 Å². The molecule has 0 bridgehead atoms. The molecule has 1 aromatic heterocycles. The van der Waals surface area contributed by atoms with Gasteiger partial charge in [0.2, 0.25) is 5.95 Å². The van der Waals surface area contributed by atoms with Gasteiger partial charge in [0.1, 0.15) is 11.0 Å². The molecule has 1 aliphatic rings. The van der Waals surface area contributed by atoms with Crippen LogP contribution < -0.4 is 10.2 Å². The van der Waals surface area contributed by atoms with Crippen LogP contribution >= 0.6 is 36.4 Å². The van der Waals surface area contributed by atoms with Crippen molar-refractivity contribution in [3.05, 3.63) is 10.7 Å². The fourth-order valence-corrected chi connectivity index (χ4v) is 2.21. The zero-order chi connectivity index (χ0) is 14.0. The number of hydrogen-bond donors (Lipinski definition) is 1. The third-order valence-electron chi connectivity index (χ3n) is 3.29. The van der Waals surface area contributed by atoms with Crippen molar-refractivity contribution in [2.24, 2.45) is 0 Å². The van der Waals surface area contributed by atoms with Crippen molar-refractivity contribution >= 4 is 48.2 Å². The largest absolute Gasteiger partial charge is 0.367 e. The van der Waals surface area contributed by atoms with Crippen molar-refractivity contribution in [1.82, 2.24) is 14.9 Å². The molecule has 1 fully saturated rings. The van der Waals surface area contributed by atoms with Crippen LogP contribution in [0.5, 0.6) is 0 Å². The third kappa shape index (κ3) is 5.33. The van der Waals surface area contributed by atoms with Gasteiger partial charge in [-0.1, -0.05) is 11.6 Å². The molecule has 1 N–H and O–H groups in total. The molecule has 1 saturated heterocycles. The van der Waals surface area contributed by atoms with Crippen molar-refractivity contribution in [3.8, 4) is 0 Å². The highest BCUT2D eigenvalue weighted by molar-refractivity contribution is 6.30. The third-order valence-corrected chi connectivity index (χ3v) is 3.65. The molecule has 0 aromatic carbocycles. The number of piperazine rings is 1. The monoisotopic (exact) mass is 355 g/mol. The van der Waals surface area contributed by atoms with E-state index in [1.807, 2.05) is 6.92 Å². The number of halogens is 3. The van der Waals surface area contributed by atoms with Crippen molar-refractivity contribution in [2.75, 3.05) is 43.4 Å². The minimum absolute atomic E-state index is 0. The zero-order valence-electron chi connectivity index (χ0n) is 12.9. The Morgan fingerprint density at radius 3 is 2.19 bits per heavy atom. The summed E-state index contributed by atoms with van der Waals surface area (Å²) in [5, 5.41) is 3.86. The second-order valence-electron chi connectivity index (χ2n) is 5.38. The van der Waals surface area contributed by atoms with Gasteiger partial charge in [0.15, 0.2) is 0 Å². The highest BCUT2D eigenvalue weighted by Gasteiger charge is 2.19. The predicted molar refractivity (Wildman–Crippen MR) is 94.7 cm³/mol. The van der Waals surface area contributed by atoms with Crippen LogP contribution in [0.2, 0.25) is 5.15 Å². The van der Waals surface area contributed by atoms with Crippen LogP contribution in [-0.2, 0) is 0 Å². The first-order chi connectivity index (χ1) is 8.97. The topological polar surface area (TPSA) is 44.3 Å². The van der Waals surface area contributed by atoms with E-state index in [4.69, 9.17) is 11.6 Å². The SMILES string of the molecule is Cc1c(Cl)nc(N2CCN(C)CC2)nc1NC(C)C.Cl.Cl. The molecule has 0 radical (unpaired) electrons. The summed E-state index contributed by atoms with van der Waals surface area (Å²) in [5.41, 5.74) is 0.910.